The van der Waals surface area contributed by atoms with Crippen molar-refractivity contribution in [1.82, 2.24) is 10.2 Å². The Bertz CT molecular complexity index is 595. The number of rotatable bonds is 6. The highest BCUT2D eigenvalue weighted by Crippen LogP contribution is 2.05. The number of ether oxygens (including phenoxy) is 1. The Kier molecular flexibility index (Phi) is 4.46. The summed E-state index contributed by atoms with van der Waals surface area (Å²) in [4.78, 5) is 22.2. The summed E-state index contributed by atoms with van der Waals surface area (Å²) in [5, 5.41) is 17.1. The van der Waals surface area contributed by atoms with Crippen LogP contribution >= 0.6 is 0 Å². The number of H-pyrrole nitrogens is 1. The molecule has 7 nitrogen and oxygen atoms in total. The van der Waals surface area contributed by atoms with E-state index in [1.54, 1.807) is 0 Å². The van der Waals surface area contributed by atoms with Gasteiger partial charge in [0.1, 0.15) is 12.3 Å². The van der Waals surface area contributed by atoms with E-state index in [-0.39, 0.29) is 18.1 Å². The lowest BCUT2D eigenvalue weighted by Gasteiger charge is -2.04. The summed E-state index contributed by atoms with van der Waals surface area (Å²) in [7, 11) is 0. The quantitative estimate of drug-likeness (QED) is 0.736. The van der Waals surface area contributed by atoms with Crippen LogP contribution in [0.15, 0.2) is 36.4 Å². The topological polar surface area (TPSA) is 104 Å². The Morgan fingerprint density at radius 2 is 2.05 bits per heavy atom. The fourth-order valence-electron chi connectivity index (χ4n) is 1.51. The van der Waals surface area contributed by atoms with Crippen molar-refractivity contribution in [2.75, 3.05) is 11.9 Å². The monoisotopic (exact) mass is 275 g/mol. The highest BCUT2D eigenvalue weighted by molar-refractivity contribution is 5.92. The van der Waals surface area contributed by atoms with E-state index < -0.39 is 11.9 Å². The van der Waals surface area contributed by atoms with Crippen LogP contribution in [0.5, 0.6) is 0 Å². The maximum atomic E-state index is 11.5. The molecule has 3 N–H and O–H groups in total. The van der Waals surface area contributed by atoms with Crippen molar-refractivity contribution < 1.29 is 19.4 Å². The minimum Gasteiger partial charge on any atom is -0.477 e. The van der Waals surface area contributed by atoms with Gasteiger partial charge in [0.25, 0.3) is 5.91 Å². The second kappa shape index (κ2) is 6.48. The van der Waals surface area contributed by atoms with Crippen LogP contribution in [0, 0.1) is 0 Å². The number of carboxylic acid groups (broad SMARTS) is 1. The number of aromatic carboxylic acids is 1. The number of hydrogen-bond acceptors (Lipinski definition) is 4. The lowest BCUT2D eigenvalue weighted by molar-refractivity contribution is -0.121. The van der Waals surface area contributed by atoms with Crippen LogP contribution in [0.1, 0.15) is 16.1 Å². The number of carboxylic acids is 1. The molecular weight excluding hydrogens is 262 g/mol. The van der Waals surface area contributed by atoms with Crippen LogP contribution in [0.4, 0.5) is 5.82 Å². The number of aromatic nitrogens is 2. The molecule has 2 aromatic rings. The molecule has 1 aromatic carbocycles. The zero-order chi connectivity index (χ0) is 14.4. The van der Waals surface area contributed by atoms with E-state index in [1.165, 1.54) is 6.07 Å². The molecule has 0 atom stereocenters. The van der Waals surface area contributed by atoms with Gasteiger partial charge in [0.15, 0.2) is 5.82 Å². The first-order chi connectivity index (χ1) is 9.65. The number of amides is 1. The van der Waals surface area contributed by atoms with Gasteiger partial charge in [-0.15, -0.1) is 0 Å². The zero-order valence-electron chi connectivity index (χ0n) is 10.5. The van der Waals surface area contributed by atoms with E-state index in [0.29, 0.717) is 6.61 Å². The SMILES string of the molecule is O=C(COCc1ccccc1)Nc1cc(C(=O)O)[nH]n1. The lowest BCUT2D eigenvalue weighted by atomic mass is 10.2. The largest absolute Gasteiger partial charge is 0.477 e. The number of benzene rings is 1. The molecule has 0 fully saturated rings. The molecule has 2 rings (SSSR count). The van der Waals surface area contributed by atoms with Crippen molar-refractivity contribution in [3.63, 3.8) is 0 Å². The third-order valence-electron chi connectivity index (χ3n) is 2.42. The fourth-order valence-corrected chi connectivity index (χ4v) is 1.51. The van der Waals surface area contributed by atoms with Crippen LogP contribution in [0.3, 0.4) is 0 Å². The number of carbonyl (C=O) groups excluding carboxylic acids is 1. The van der Waals surface area contributed by atoms with Crippen molar-refractivity contribution in [3.8, 4) is 0 Å². The molecule has 0 bridgehead atoms. The van der Waals surface area contributed by atoms with Crippen LogP contribution in [0.25, 0.3) is 0 Å². The minimum absolute atomic E-state index is 0.0921. The standard InChI is InChI=1S/C13H13N3O4/c17-12(8-20-7-9-4-2-1-3-5-9)14-11-6-10(13(18)19)15-16-11/h1-6H,7-8H2,(H,18,19)(H2,14,15,16,17). The van der Waals surface area contributed by atoms with Crippen molar-refractivity contribution in [3.05, 3.63) is 47.7 Å². The van der Waals surface area contributed by atoms with E-state index in [4.69, 9.17) is 9.84 Å². The van der Waals surface area contributed by atoms with Crippen LogP contribution in [0.2, 0.25) is 0 Å². The second-order valence-electron chi connectivity index (χ2n) is 4.00. The van der Waals surface area contributed by atoms with E-state index in [0.717, 1.165) is 5.56 Å². The van der Waals surface area contributed by atoms with Crippen molar-refractivity contribution >= 4 is 17.7 Å². The summed E-state index contributed by atoms with van der Waals surface area (Å²) >= 11 is 0. The first-order valence-electron chi connectivity index (χ1n) is 5.85. The van der Waals surface area contributed by atoms with Gasteiger partial charge in [-0.1, -0.05) is 30.3 Å². The van der Waals surface area contributed by atoms with Crippen molar-refractivity contribution in [1.29, 1.82) is 0 Å². The molecule has 1 heterocycles. The Balaban J connectivity index is 1.76. The Morgan fingerprint density at radius 3 is 2.70 bits per heavy atom. The molecule has 104 valence electrons. The molecule has 0 radical (unpaired) electrons. The van der Waals surface area contributed by atoms with Gasteiger partial charge in [-0.2, -0.15) is 5.10 Å². The van der Waals surface area contributed by atoms with Crippen LogP contribution < -0.4 is 5.32 Å². The number of nitrogens with one attached hydrogen (secondary N) is 2. The Labute approximate surface area is 114 Å². The molecular formula is C13H13N3O4. The van der Waals surface area contributed by atoms with Gasteiger partial charge in [0, 0.05) is 6.07 Å². The number of nitrogens with zero attached hydrogens (tertiary/aromatic N) is 1. The third-order valence-corrected chi connectivity index (χ3v) is 2.42. The van der Waals surface area contributed by atoms with Gasteiger partial charge in [-0.25, -0.2) is 4.79 Å². The molecule has 7 heteroatoms. The summed E-state index contributed by atoms with van der Waals surface area (Å²) in [6.45, 7) is 0.194. The normalized spacial score (nSPS) is 10.2. The van der Waals surface area contributed by atoms with Gasteiger partial charge in [0.2, 0.25) is 0 Å². The van der Waals surface area contributed by atoms with Gasteiger partial charge in [0.05, 0.1) is 6.61 Å². The van der Waals surface area contributed by atoms with Crippen LogP contribution in [-0.2, 0) is 16.1 Å². The number of anilines is 1. The maximum Gasteiger partial charge on any atom is 0.353 e. The van der Waals surface area contributed by atoms with Gasteiger partial charge in [-0.3, -0.25) is 9.89 Å². The zero-order valence-corrected chi connectivity index (χ0v) is 10.5. The first-order valence-corrected chi connectivity index (χ1v) is 5.85. The van der Waals surface area contributed by atoms with E-state index in [9.17, 15) is 9.59 Å². The maximum absolute atomic E-state index is 11.5. The van der Waals surface area contributed by atoms with Crippen LogP contribution in [-0.4, -0.2) is 33.8 Å². The van der Waals surface area contributed by atoms with E-state index >= 15 is 0 Å². The molecule has 0 spiro atoms. The fraction of sp³-hybridized carbons (Fsp3) is 0.154. The van der Waals surface area contributed by atoms with Crippen molar-refractivity contribution in [2.24, 2.45) is 0 Å². The third kappa shape index (κ3) is 3.92. The molecule has 20 heavy (non-hydrogen) atoms. The molecule has 0 aliphatic carbocycles. The number of hydrogen-bond donors (Lipinski definition) is 3. The first kappa shape index (κ1) is 13.8. The summed E-state index contributed by atoms with van der Waals surface area (Å²) in [5.74, 6) is -1.39. The summed E-state index contributed by atoms with van der Waals surface area (Å²) in [5.41, 5.74) is 0.874. The van der Waals surface area contributed by atoms with Gasteiger partial charge in [-0.05, 0) is 5.56 Å². The number of carbonyl (C=O) groups is 2. The Morgan fingerprint density at radius 1 is 1.30 bits per heavy atom. The lowest BCUT2D eigenvalue weighted by Crippen LogP contribution is -2.18. The second-order valence-corrected chi connectivity index (χ2v) is 4.00. The molecule has 1 amide bonds. The minimum atomic E-state index is -1.14. The molecule has 1 aromatic heterocycles. The molecule has 0 saturated carbocycles. The Hall–Kier alpha value is -2.67. The highest BCUT2D eigenvalue weighted by atomic mass is 16.5. The summed E-state index contributed by atoms with van der Waals surface area (Å²) in [6.07, 6.45) is 0. The number of aromatic amines is 1. The van der Waals surface area contributed by atoms with E-state index in [1.807, 2.05) is 30.3 Å². The highest BCUT2D eigenvalue weighted by Gasteiger charge is 2.10. The molecule has 0 aliphatic rings. The van der Waals surface area contributed by atoms with E-state index in [2.05, 4.69) is 15.5 Å². The average molecular weight is 275 g/mol. The van der Waals surface area contributed by atoms with Gasteiger partial charge < -0.3 is 15.2 Å². The average Bonchev–Trinajstić information content (AvgIpc) is 2.88. The predicted octanol–water partition coefficient (Wildman–Crippen LogP) is 1.26. The smallest absolute Gasteiger partial charge is 0.353 e. The van der Waals surface area contributed by atoms with Gasteiger partial charge >= 0.3 is 5.97 Å². The predicted molar refractivity (Wildman–Crippen MR) is 70.3 cm³/mol. The summed E-state index contributed by atoms with van der Waals surface area (Å²) in [6, 6.07) is 10.7. The van der Waals surface area contributed by atoms with Crippen molar-refractivity contribution in [2.45, 2.75) is 6.61 Å². The molecule has 0 aliphatic heterocycles. The molecule has 0 saturated heterocycles. The summed E-state index contributed by atoms with van der Waals surface area (Å²) < 4.78 is 5.24. The molecule has 0 unspecified atom stereocenters.